The van der Waals surface area contributed by atoms with E-state index < -0.39 is 0 Å². The molecule has 0 aliphatic heterocycles. The molecule has 2 aromatic heterocycles. The molecule has 1 N–H and O–H groups in total. The van der Waals surface area contributed by atoms with Gasteiger partial charge in [0.15, 0.2) is 5.16 Å². The van der Waals surface area contributed by atoms with E-state index in [0.29, 0.717) is 22.2 Å². The minimum atomic E-state index is -0.284. The largest absolute Gasteiger partial charge is 0.444 e. The third-order valence-corrected chi connectivity index (χ3v) is 6.85. The van der Waals surface area contributed by atoms with Gasteiger partial charge in [0.25, 0.3) is 0 Å². The number of aryl methyl sites for hydroxylation is 1. The summed E-state index contributed by atoms with van der Waals surface area (Å²) in [4.78, 5) is 13.7. The second-order valence-corrected chi connectivity index (χ2v) is 9.10. The first-order chi connectivity index (χ1) is 16.1. The van der Waals surface area contributed by atoms with Gasteiger partial charge >= 0.3 is 0 Å². The van der Waals surface area contributed by atoms with Gasteiger partial charge in [-0.2, -0.15) is 5.26 Å². The average molecular weight is 476 g/mol. The van der Waals surface area contributed by atoms with Crippen LogP contribution in [0.2, 0.25) is 0 Å². The van der Waals surface area contributed by atoms with E-state index in [9.17, 15) is 10.1 Å². The number of thioether (sulfide) groups is 2. The molecule has 166 valence electrons. The van der Waals surface area contributed by atoms with Crippen molar-refractivity contribution in [3.8, 4) is 11.8 Å². The van der Waals surface area contributed by atoms with Crippen LogP contribution in [0, 0.1) is 25.2 Å². The standard InChI is InChI=1S/C24H21N5O2S2/c1-16-17(2)31-23(20(16)13-25)26-22(30)15-33-24-28-27-21(14-32-19-11-7-4-8-12-19)29(24)18-9-5-3-6-10-18/h3-12H,14-15H2,1-2H3,(H,26,30). The van der Waals surface area contributed by atoms with Gasteiger partial charge in [-0.05, 0) is 38.1 Å². The van der Waals surface area contributed by atoms with E-state index in [4.69, 9.17) is 4.42 Å². The van der Waals surface area contributed by atoms with Crippen LogP contribution in [0.3, 0.4) is 0 Å². The van der Waals surface area contributed by atoms with Crippen LogP contribution < -0.4 is 5.32 Å². The molecule has 33 heavy (non-hydrogen) atoms. The number of benzene rings is 2. The molecule has 1 amide bonds. The maximum Gasteiger partial charge on any atom is 0.237 e. The van der Waals surface area contributed by atoms with Gasteiger partial charge in [0, 0.05) is 16.1 Å². The quantitative estimate of drug-likeness (QED) is 0.342. The molecule has 0 radical (unpaired) electrons. The number of nitriles is 1. The van der Waals surface area contributed by atoms with E-state index in [1.807, 2.05) is 53.1 Å². The molecule has 0 aliphatic carbocycles. The van der Waals surface area contributed by atoms with Gasteiger partial charge in [-0.15, -0.1) is 22.0 Å². The van der Waals surface area contributed by atoms with Crippen molar-refractivity contribution in [1.29, 1.82) is 5.26 Å². The van der Waals surface area contributed by atoms with Gasteiger partial charge in [0.2, 0.25) is 11.8 Å². The van der Waals surface area contributed by atoms with Crippen molar-refractivity contribution in [2.75, 3.05) is 11.1 Å². The molecule has 0 bridgehead atoms. The predicted molar refractivity (Wildman–Crippen MR) is 130 cm³/mol. The van der Waals surface area contributed by atoms with Crippen LogP contribution in [0.25, 0.3) is 5.69 Å². The van der Waals surface area contributed by atoms with Crippen molar-refractivity contribution in [1.82, 2.24) is 14.8 Å². The lowest BCUT2D eigenvalue weighted by Gasteiger charge is -2.10. The number of amides is 1. The number of carbonyl (C=O) groups is 1. The van der Waals surface area contributed by atoms with Crippen LogP contribution in [0.1, 0.15) is 22.7 Å². The predicted octanol–water partition coefficient (Wildman–Crippen LogP) is 5.37. The molecule has 4 aromatic rings. The number of hydrogen-bond acceptors (Lipinski definition) is 7. The Kier molecular flexibility index (Phi) is 7.17. The molecule has 2 heterocycles. The van der Waals surface area contributed by atoms with Gasteiger partial charge in [0.1, 0.15) is 23.2 Å². The Morgan fingerprint density at radius 1 is 1.06 bits per heavy atom. The number of aromatic nitrogens is 3. The molecule has 0 saturated carbocycles. The molecule has 7 nitrogen and oxygen atoms in total. The van der Waals surface area contributed by atoms with Crippen molar-refractivity contribution in [3.05, 3.63) is 83.4 Å². The molecule has 9 heteroatoms. The Balaban J connectivity index is 1.50. The number of para-hydroxylation sites is 1. The second kappa shape index (κ2) is 10.4. The Morgan fingerprint density at radius 2 is 1.76 bits per heavy atom. The van der Waals surface area contributed by atoms with Crippen molar-refractivity contribution in [3.63, 3.8) is 0 Å². The monoisotopic (exact) mass is 475 g/mol. The van der Waals surface area contributed by atoms with Crippen LogP contribution in [0.5, 0.6) is 0 Å². The Morgan fingerprint density at radius 3 is 2.45 bits per heavy atom. The molecule has 0 unspecified atom stereocenters. The zero-order chi connectivity index (χ0) is 23.2. The summed E-state index contributed by atoms with van der Waals surface area (Å²) in [7, 11) is 0. The first-order valence-electron chi connectivity index (χ1n) is 10.2. The third-order valence-electron chi connectivity index (χ3n) is 4.91. The van der Waals surface area contributed by atoms with Gasteiger partial charge in [0.05, 0.1) is 11.5 Å². The highest BCUT2D eigenvalue weighted by Gasteiger charge is 2.19. The highest BCUT2D eigenvalue weighted by Crippen LogP contribution is 2.28. The number of furan rings is 1. The van der Waals surface area contributed by atoms with E-state index in [-0.39, 0.29) is 17.5 Å². The van der Waals surface area contributed by atoms with E-state index in [0.717, 1.165) is 22.0 Å². The van der Waals surface area contributed by atoms with Crippen molar-refractivity contribution >= 4 is 35.3 Å². The summed E-state index contributed by atoms with van der Waals surface area (Å²) < 4.78 is 7.50. The zero-order valence-electron chi connectivity index (χ0n) is 18.1. The SMILES string of the molecule is Cc1oc(NC(=O)CSc2nnc(CSc3ccccc3)n2-c2ccccc2)c(C#N)c1C. The van der Waals surface area contributed by atoms with E-state index >= 15 is 0 Å². The number of carbonyl (C=O) groups excluding carboxylic acids is 1. The zero-order valence-corrected chi connectivity index (χ0v) is 19.7. The smallest absolute Gasteiger partial charge is 0.237 e. The summed E-state index contributed by atoms with van der Waals surface area (Å²) in [5.41, 5.74) is 2.00. The van der Waals surface area contributed by atoms with Gasteiger partial charge in [-0.1, -0.05) is 48.2 Å². The minimum Gasteiger partial charge on any atom is -0.444 e. The number of rotatable bonds is 8. The second-order valence-electron chi connectivity index (χ2n) is 7.11. The fourth-order valence-corrected chi connectivity index (χ4v) is 4.73. The highest BCUT2D eigenvalue weighted by atomic mass is 32.2. The van der Waals surface area contributed by atoms with Crippen LogP contribution in [-0.2, 0) is 10.5 Å². The summed E-state index contributed by atoms with van der Waals surface area (Å²) in [5, 5.41) is 21.4. The number of anilines is 1. The third kappa shape index (κ3) is 5.30. The van der Waals surface area contributed by atoms with Crippen molar-refractivity contribution < 1.29 is 9.21 Å². The number of nitrogens with zero attached hydrogens (tertiary/aromatic N) is 4. The lowest BCUT2D eigenvalue weighted by Crippen LogP contribution is -2.15. The molecule has 0 saturated heterocycles. The maximum atomic E-state index is 12.6. The molecule has 2 aromatic carbocycles. The summed E-state index contributed by atoms with van der Waals surface area (Å²) >= 11 is 2.95. The summed E-state index contributed by atoms with van der Waals surface area (Å²) in [6, 6.07) is 22.0. The van der Waals surface area contributed by atoms with Crippen LogP contribution in [0.4, 0.5) is 5.88 Å². The minimum absolute atomic E-state index is 0.0977. The lowest BCUT2D eigenvalue weighted by atomic mass is 10.2. The van der Waals surface area contributed by atoms with E-state index in [1.165, 1.54) is 11.8 Å². The molecular weight excluding hydrogens is 454 g/mol. The van der Waals surface area contributed by atoms with Gasteiger partial charge < -0.3 is 4.42 Å². The van der Waals surface area contributed by atoms with Gasteiger partial charge in [-0.3, -0.25) is 14.7 Å². The van der Waals surface area contributed by atoms with Crippen LogP contribution >= 0.6 is 23.5 Å². The first kappa shape index (κ1) is 22.7. The average Bonchev–Trinajstić information content (AvgIpc) is 3.37. The Hall–Kier alpha value is -3.48. The molecule has 0 aliphatic rings. The first-order valence-corrected chi connectivity index (χ1v) is 12.1. The Bertz CT molecular complexity index is 1290. The van der Waals surface area contributed by atoms with Crippen molar-refractivity contribution in [2.24, 2.45) is 0 Å². The lowest BCUT2D eigenvalue weighted by molar-refractivity contribution is -0.113. The number of hydrogen-bond donors (Lipinski definition) is 1. The van der Waals surface area contributed by atoms with Crippen LogP contribution in [0.15, 0.2) is 75.1 Å². The fraction of sp³-hybridized carbons (Fsp3) is 0.167. The fourth-order valence-electron chi connectivity index (χ4n) is 3.13. The highest BCUT2D eigenvalue weighted by molar-refractivity contribution is 7.99. The van der Waals surface area contributed by atoms with Crippen LogP contribution in [-0.4, -0.2) is 26.4 Å². The molecule has 0 spiro atoms. The maximum absolute atomic E-state index is 12.6. The van der Waals surface area contributed by atoms with E-state index in [2.05, 4.69) is 33.7 Å². The van der Waals surface area contributed by atoms with E-state index in [1.54, 1.807) is 25.6 Å². The molecular formula is C24H21N5O2S2. The molecule has 0 fully saturated rings. The summed E-state index contributed by atoms with van der Waals surface area (Å²) in [6.45, 7) is 3.55. The normalized spacial score (nSPS) is 10.7. The topological polar surface area (TPSA) is 96.7 Å². The van der Waals surface area contributed by atoms with Gasteiger partial charge in [-0.25, -0.2) is 0 Å². The Labute approximate surface area is 200 Å². The summed E-state index contributed by atoms with van der Waals surface area (Å²) in [5.74, 6) is 2.03. The van der Waals surface area contributed by atoms with Crippen molar-refractivity contribution in [2.45, 2.75) is 29.7 Å². The summed E-state index contributed by atoms with van der Waals surface area (Å²) in [6.07, 6.45) is 0. The molecule has 4 rings (SSSR count). The number of nitrogens with one attached hydrogen (secondary N) is 1. The molecule has 0 atom stereocenters.